The smallest absolute Gasteiger partial charge is 0.119 e. The lowest BCUT2D eigenvalue weighted by atomic mass is 10.1. The third-order valence-corrected chi connectivity index (χ3v) is 4.09. The predicted molar refractivity (Wildman–Crippen MR) is 78.3 cm³/mol. The Balaban J connectivity index is 1.66. The molecule has 19 heavy (non-hydrogen) atoms. The molecule has 0 heterocycles. The molecule has 1 aromatic rings. The summed E-state index contributed by atoms with van der Waals surface area (Å²) in [6.07, 6.45) is 3.77. The molecule has 0 radical (unpaired) electrons. The zero-order chi connectivity index (χ0) is 13.5. The van der Waals surface area contributed by atoms with Crippen molar-refractivity contribution in [2.75, 3.05) is 26.1 Å². The van der Waals surface area contributed by atoms with E-state index in [-0.39, 0.29) is 0 Å². The molecule has 2 unspecified atom stereocenters. The van der Waals surface area contributed by atoms with Crippen LogP contribution in [0.3, 0.4) is 0 Å². The molecular formula is C15H22ClNO2. The van der Waals surface area contributed by atoms with Gasteiger partial charge in [-0.05, 0) is 43.0 Å². The number of hydrogen-bond donors (Lipinski definition) is 1. The molecule has 0 amide bonds. The Labute approximate surface area is 120 Å². The lowest BCUT2D eigenvalue weighted by Crippen LogP contribution is -2.35. The van der Waals surface area contributed by atoms with Gasteiger partial charge in [-0.15, -0.1) is 11.6 Å². The number of benzene rings is 1. The zero-order valence-electron chi connectivity index (χ0n) is 11.4. The highest BCUT2D eigenvalue weighted by Gasteiger charge is 2.25. The summed E-state index contributed by atoms with van der Waals surface area (Å²) in [5.41, 5.74) is 0. The van der Waals surface area contributed by atoms with Crippen LogP contribution in [0.5, 0.6) is 11.5 Å². The van der Waals surface area contributed by atoms with Crippen molar-refractivity contribution in [2.45, 2.75) is 25.3 Å². The van der Waals surface area contributed by atoms with Crippen LogP contribution in [0.2, 0.25) is 0 Å². The molecule has 1 aliphatic carbocycles. The molecule has 0 aliphatic heterocycles. The molecule has 2 rings (SSSR count). The fourth-order valence-corrected chi connectivity index (χ4v) is 2.94. The topological polar surface area (TPSA) is 30.5 Å². The van der Waals surface area contributed by atoms with Crippen LogP contribution >= 0.6 is 11.6 Å². The molecule has 1 saturated carbocycles. The van der Waals surface area contributed by atoms with Crippen molar-refractivity contribution in [1.29, 1.82) is 0 Å². The highest BCUT2D eigenvalue weighted by molar-refractivity contribution is 6.18. The molecule has 1 N–H and O–H groups in total. The van der Waals surface area contributed by atoms with Gasteiger partial charge in [-0.1, -0.05) is 6.42 Å². The van der Waals surface area contributed by atoms with E-state index in [1.807, 2.05) is 24.3 Å². The van der Waals surface area contributed by atoms with Gasteiger partial charge < -0.3 is 14.8 Å². The number of rotatable bonds is 7. The third kappa shape index (κ3) is 4.29. The van der Waals surface area contributed by atoms with Gasteiger partial charge in [0.2, 0.25) is 0 Å². The summed E-state index contributed by atoms with van der Waals surface area (Å²) in [6.45, 7) is 1.54. The van der Waals surface area contributed by atoms with Crippen molar-refractivity contribution in [1.82, 2.24) is 5.32 Å². The predicted octanol–water partition coefficient (Wildman–Crippen LogP) is 3.07. The molecule has 0 aromatic heterocycles. The Kier molecular flexibility index (Phi) is 5.80. The Morgan fingerprint density at radius 3 is 2.63 bits per heavy atom. The van der Waals surface area contributed by atoms with Gasteiger partial charge in [-0.2, -0.15) is 0 Å². The number of halogens is 1. The molecule has 0 spiro atoms. The number of alkyl halides is 1. The van der Waals surface area contributed by atoms with Crippen LogP contribution in [0.15, 0.2) is 24.3 Å². The van der Waals surface area contributed by atoms with E-state index in [9.17, 15) is 0 Å². The number of methoxy groups -OCH3 is 1. The van der Waals surface area contributed by atoms with Gasteiger partial charge >= 0.3 is 0 Å². The summed E-state index contributed by atoms with van der Waals surface area (Å²) in [7, 11) is 1.66. The molecule has 4 heteroatoms. The number of ether oxygens (including phenoxy) is 2. The van der Waals surface area contributed by atoms with E-state index in [0.717, 1.165) is 23.9 Å². The lowest BCUT2D eigenvalue weighted by Gasteiger charge is -2.18. The molecule has 2 atom stereocenters. The van der Waals surface area contributed by atoms with E-state index in [2.05, 4.69) is 5.32 Å². The van der Waals surface area contributed by atoms with Crippen LogP contribution in [0.4, 0.5) is 0 Å². The Morgan fingerprint density at radius 1 is 1.21 bits per heavy atom. The van der Waals surface area contributed by atoms with E-state index in [0.29, 0.717) is 18.6 Å². The standard InChI is InChI=1S/C15H22ClNO2/c1-18-13-5-7-14(8-6-13)19-10-9-17-15-4-2-3-12(15)11-16/h5-8,12,15,17H,2-4,9-11H2,1H3. The molecule has 0 bridgehead atoms. The van der Waals surface area contributed by atoms with Crippen LogP contribution in [0, 0.1) is 5.92 Å². The van der Waals surface area contributed by atoms with Gasteiger partial charge in [-0.3, -0.25) is 0 Å². The van der Waals surface area contributed by atoms with Crippen molar-refractivity contribution in [3.63, 3.8) is 0 Å². The highest BCUT2D eigenvalue weighted by atomic mass is 35.5. The molecule has 1 aromatic carbocycles. The fourth-order valence-electron chi connectivity index (χ4n) is 2.58. The first-order valence-electron chi connectivity index (χ1n) is 6.89. The van der Waals surface area contributed by atoms with E-state index < -0.39 is 0 Å². The maximum atomic E-state index is 5.96. The van der Waals surface area contributed by atoms with Gasteiger partial charge in [0.15, 0.2) is 0 Å². The minimum atomic E-state index is 0.567. The van der Waals surface area contributed by atoms with Crippen molar-refractivity contribution >= 4 is 11.6 Å². The third-order valence-electron chi connectivity index (χ3n) is 3.69. The van der Waals surface area contributed by atoms with Gasteiger partial charge in [-0.25, -0.2) is 0 Å². The normalized spacial score (nSPS) is 22.4. The van der Waals surface area contributed by atoms with Crippen LogP contribution in [0.25, 0.3) is 0 Å². The van der Waals surface area contributed by atoms with E-state index >= 15 is 0 Å². The first kappa shape index (κ1) is 14.5. The van der Waals surface area contributed by atoms with Crippen molar-refractivity contribution in [3.05, 3.63) is 24.3 Å². The minimum absolute atomic E-state index is 0.567. The summed E-state index contributed by atoms with van der Waals surface area (Å²) >= 11 is 5.96. The quantitative estimate of drug-likeness (QED) is 0.616. The molecule has 3 nitrogen and oxygen atoms in total. The van der Waals surface area contributed by atoms with Gasteiger partial charge in [0.05, 0.1) is 7.11 Å². The maximum Gasteiger partial charge on any atom is 0.119 e. The van der Waals surface area contributed by atoms with Crippen LogP contribution in [-0.2, 0) is 0 Å². The Bertz CT molecular complexity index is 369. The largest absolute Gasteiger partial charge is 0.497 e. The Hall–Kier alpha value is -0.930. The zero-order valence-corrected chi connectivity index (χ0v) is 12.2. The van der Waals surface area contributed by atoms with Crippen LogP contribution in [0.1, 0.15) is 19.3 Å². The molecule has 106 valence electrons. The number of nitrogens with one attached hydrogen (secondary N) is 1. The summed E-state index contributed by atoms with van der Waals surface area (Å²) in [6, 6.07) is 8.23. The van der Waals surface area contributed by atoms with Gasteiger partial charge in [0.25, 0.3) is 0 Å². The van der Waals surface area contributed by atoms with Crippen LogP contribution < -0.4 is 14.8 Å². The van der Waals surface area contributed by atoms with E-state index in [1.54, 1.807) is 7.11 Å². The average Bonchev–Trinajstić information content (AvgIpc) is 2.91. The summed E-state index contributed by atoms with van der Waals surface area (Å²) in [4.78, 5) is 0. The van der Waals surface area contributed by atoms with Crippen molar-refractivity contribution in [2.24, 2.45) is 5.92 Å². The van der Waals surface area contributed by atoms with E-state index in [1.165, 1.54) is 19.3 Å². The molecule has 1 fully saturated rings. The second-order valence-electron chi connectivity index (χ2n) is 4.93. The van der Waals surface area contributed by atoms with Crippen molar-refractivity contribution in [3.8, 4) is 11.5 Å². The maximum absolute atomic E-state index is 5.96. The molecular weight excluding hydrogens is 262 g/mol. The van der Waals surface area contributed by atoms with Gasteiger partial charge in [0.1, 0.15) is 18.1 Å². The first-order valence-corrected chi connectivity index (χ1v) is 7.43. The van der Waals surface area contributed by atoms with E-state index in [4.69, 9.17) is 21.1 Å². The summed E-state index contributed by atoms with van der Waals surface area (Å²) in [5, 5.41) is 3.54. The average molecular weight is 284 g/mol. The second-order valence-corrected chi connectivity index (χ2v) is 5.24. The summed E-state index contributed by atoms with van der Waals surface area (Å²) in [5.74, 6) is 3.11. The monoisotopic (exact) mass is 283 g/mol. The van der Waals surface area contributed by atoms with Gasteiger partial charge in [0, 0.05) is 18.5 Å². The SMILES string of the molecule is COc1ccc(OCCNC2CCCC2CCl)cc1. The minimum Gasteiger partial charge on any atom is -0.497 e. The lowest BCUT2D eigenvalue weighted by molar-refractivity contribution is 0.296. The molecule has 0 saturated heterocycles. The first-order chi connectivity index (χ1) is 9.33. The molecule has 1 aliphatic rings. The fraction of sp³-hybridized carbons (Fsp3) is 0.600. The Morgan fingerprint density at radius 2 is 1.95 bits per heavy atom. The second kappa shape index (κ2) is 7.61. The van der Waals surface area contributed by atoms with Crippen LogP contribution in [-0.4, -0.2) is 32.2 Å². The number of hydrogen-bond acceptors (Lipinski definition) is 3. The summed E-state index contributed by atoms with van der Waals surface area (Å²) < 4.78 is 10.8. The van der Waals surface area contributed by atoms with Crippen molar-refractivity contribution < 1.29 is 9.47 Å². The highest BCUT2D eigenvalue weighted by Crippen LogP contribution is 2.26.